The molecule has 2 aromatic carbocycles. The third-order valence-corrected chi connectivity index (χ3v) is 3.93. The number of benzene rings is 2. The van der Waals surface area contributed by atoms with Crippen molar-refractivity contribution in [3.63, 3.8) is 0 Å². The number of fused-ring (bicyclic) bond motifs is 1. The number of nitrogens with two attached hydrogens (primary N) is 1. The maximum atomic E-state index is 14.1. The second kappa shape index (κ2) is 5.30. The standard InChI is InChI=1S/C17H18FN3/c1-11-5-16-17(6-12(11)2)21(10-20-16)9-14-4-3-13(8-19)7-15(14)18/h3-7,10H,8-9,19H2,1-2H3. The summed E-state index contributed by atoms with van der Waals surface area (Å²) in [6.07, 6.45) is 1.76. The van der Waals surface area contributed by atoms with Crippen LogP contribution in [0.1, 0.15) is 22.3 Å². The highest BCUT2D eigenvalue weighted by Gasteiger charge is 2.08. The molecule has 0 unspecified atom stereocenters. The Hall–Kier alpha value is -2.20. The maximum Gasteiger partial charge on any atom is 0.128 e. The van der Waals surface area contributed by atoms with Crippen LogP contribution in [0.15, 0.2) is 36.7 Å². The summed E-state index contributed by atoms with van der Waals surface area (Å²) in [4.78, 5) is 4.40. The molecule has 0 aliphatic heterocycles. The molecule has 3 rings (SSSR count). The number of nitrogens with zero attached hydrogens (tertiary/aromatic N) is 2. The minimum atomic E-state index is -0.219. The molecule has 0 fully saturated rings. The first kappa shape index (κ1) is 13.8. The molecule has 0 atom stereocenters. The van der Waals surface area contributed by atoms with Gasteiger partial charge in [0, 0.05) is 12.1 Å². The number of hydrogen-bond donors (Lipinski definition) is 1. The molecular formula is C17H18FN3. The van der Waals surface area contributed by atoms with Crippen LogP contribution < -0.4 is 5.73 Å². The minimum absolute atomic E-state index is 0.219. The average molecular weight is 283 g/mol. The SMILES string of the molecule is Cc1cc2ncn(Cc3ccc(CN)cc3F)c2cc1C. The number of imidazole rings is 1. The van der Waals surface area contributed by atoms with Crippen LogP contribution in [0.5, 0.6) is 0 Å². The Balaban J connectivity index is 2.00. The van der Waals surface area contributed by atoms with Crippen LogP contribution in [0, 0.1) is 19.7 Å². The van der Waals surface area contributed by atoms with Gasteiger partial charge in [0.15, 0.2) is 0 Å². The van der Waals surface area contributed by atoms with Crippen LogP contribution >= 0.6 is 0 Å². The zero-order valence-corrected chi connectivity index (χ0v) is 12.2. The van der Waals surface area contributed by atoms with Crippen molar-refractivity contribution in [2.75, 3.05) is 0 Å². The van der Waals surface area contributed by atoms with Gasteiger partial charge in [-0.25, -0.2) is 9.37 Å². The summed E-state index contributed by atoms with van der Waals surface area (Å²) in [5.41, 5.74) is 11.4. The van der Waals surface area contributed by atoms with E-state index >= 15 is 0 Å². The zero-order chi connectivity index (χ0) is 15.0. The highest BCUT2D eigenvalue weighted by molar-refractivity contribution is 5.77. The van der Waals surface area contributed by atoms with Crippen LogP contribution in [0.4, 0.5) is 4.39 Å². The lowest BCUT2D eigenvalue weighted by molar-refractivity contribution is 0.599. The molecule has 1 heterocycles. The van der Waals surface area contributed by atoms with Gasteiger partial charge in [0.05, 0.1) is 23.9 Å². The van der Waals surface area contributed by atoms with E-state index in [-0.39, 0.29) is 5.82 Å². The fourth-order valence-electron chi connectivity index (χ4n) is 2.47. The minimum Gasteiger partial charge on any atom is -0.326 e. The van der Waals surface area contributed by atoms with E-state index in [1.807, 2.05) is 10.6 Å². The quantitative estimate of drug-likeness (QED) is 0.801. The normalized spacial score (nSPS) is 11.2. The molecular weight excluding hydrogens is 265 g/mol. The Morgan fingerprint density at radius 3 is 2.62 bits per heavy atom. The maximum absolute atomic E-state index is 14.1. The predicted octanol–water partition coefficient (Wildman–Crippen LogP) is 3.30. The van der Waals surface area contributed by atoms with Gasteiger partial charge in [-0.2, -0.15) is 0 Å². The average Bonchev–Trinajstić information content (AvgIpc) is 2.84. The van der Waals surface area contributed by atoms with E-state index in [4.69, 9.17) is 5.73 Å². The molecule has 4 heteroatoms. The third kappa shape index (κ3) is 2.54. The number of halogens is 1. The molecule has 21 heavy (non-hydrogen) atoms. The Labute approximate surface area is 123 Å². The Morgan fingerprint density at radius 1 is 1.14 bits per heavy atom. The third-order valence-electron chi connectivity index (χ3n) is 3.93. The molecule has 0 spiro atoms. The van der Waals surface area contributed by atoms with Crippen molar-refractivity contribution in [3.05, 3.63) is 64.7 Å². The van der Waals surface area contributed by atoms with Gasteiger partial charge in [0.25, 0.3) is 0 Å². The van der Waals surface area contributed by atoms with Gasteiger partial charge < -0.3 is 10.3 Å². The lowest BCUT2D eigenvalue weighted by Crippen LogP contribution is -2.03. The fourth-order valence-corrected chi connectivity index (χ4v) is 2.47. The molecule has 0 saturated carbocycles. The van der Waals surface area contributed by atoms with Gasteiger partial charge in [-0.1, -0.05) is 12.1 Å². The van der Waals surface area contributed by atoms with E-state index in [1.165, 1.54) is 17.2 Å². The molecule has 0 aliphatic carbocycles. The molecule has 2 N–H and O–H groups in total. The van der Waals surface area contributed by atoms with Crippen molar-refractivity contribution in [2.45, 2.75) is 26.9 Å². The van der Waals surface area contributed by atoms with Crippen LogP contribution in [-0.4, -0.2) is 9.55 Å². The van der Waals surface area contributed by atoms with Crippen LogP contribution in [-0.2, 0) is 13.1 Å². The van der Waals surface area contributed by atoms with Gasteiger partial charge in [0.1, 0.15) is 5.82 Å². The lowest BCUT2D eigenvalue weighted by atomic mass is 10.1. The molecule has 0 aliphatic rings. The highest BCUT2D eigenvalue weighted by atomic mass is 19.1. The highest BCUT2D eigenvalue weighted by Crippen LogP contribution is 2.20. The number of aromatic nitrogens is 2. The summed E-state index contributed by atoms with van der Waals surface area (Å²) in [6, 6.07) is 9.33. The van der Waals surface area contributed by atoms with Crippen molar-refractivity contribution in [1.29, 1.82) is 0 Å². The first-order chi connectivity index (χ1) is 10.1. The first-order valence-corrected chi connectivity index (χ1v) is 6.98. The van der Waals surface area contributed by atoms with Crippen LogP contribution in [0.3, 0.4) is 0 Å². The molecule has 0 amide bonds. The van der Waals surface area contributed by atoms with Gasteiger partial charge in [0.2, 0.25) is 0 Å². The predicted molar refractivity (Wildman–Crippen MR) is 82.6 cm³/mol. The van der Waals surface area contributed by atoms with E-state index < -0.39 is 0 Å². The Bertz CT molecular complexity index is 805. The summed E-state index contributed by atoms with van der Waals surface area (Å²) >= 11 is 0. The van der Waals surface area contributed by atoms with Crippen molar-refractivity contribution in [2.24, 2.45) is 5.73 Å². The molecule has 3 nitrogen and oxygen atoms in total. The monoisotopic (exact) mass is 283 g/mol. The lowest BCUT2D eigenvalue weighted by Gasteiger charge is -2.08. The van der Waals surface area contributed by atoms with E-state index in [2.05, 4.69) is 31.0 Å². The van der Waals surface area contributed by atoms with Crippen molar-refractivity contribution < 1.29 is 4.39 Å². The summed E-state index contributed by atoms with van der Waals surface area (Å²) in [7, 11) is 0. The second-order valence-electron chi connectivity index (χ2n) is 5.43. The smallest absolute Gasteiger partial charge is 0.128 e. The zero-order valence-electron chi connectivity index (χ0n) is 12.2. The van der Waals surface area contributed by atoms with Gasteiger partial charge in [-0.15, -0.1) is 0 Å². The largest absolute Gasteiger partial charge is 0.326 e. The van der Waals surface area contributed by atoms with Crippen molar-refractivity contribution in [1.82, 2.24) is 9.55 Å². The Kier molecular flexibility index (Phi) is 3.47. The summed E-state index contributed by atoms with van der Waals surface area (Å²) in [6.45, 7) is 4.96. The van der Waals surface area contributed by atoms with Gasteiger partial charge in [-0.05, 0) is 48.7 Å². The molecule has 1 aromatic heterocycles. The summed E-state index contributed by atoms with van der Waals surface area (Å²) in [5, 5.41) is 0. The summed E-state index contributed by atoms with van der Waals surface area (Å²) in [5.74, 6) is -0.219. The number of hydrogen-bond acceptors (Lipinski definition) is 2. The molecule has 3 aromatic rings. The fraction of sp³-hybridized carbons (Fsp3) is 0.235. The van der Waals surface area contributed by atoms with Crippen molar-refractivity contribution >= 4 is 11.0 Å². The summed E-state index contributed by atoms with van der Waals surface area (Å²) < 4.78 is 16.1. The molecule has 0 saturated heterocycles. The van der Waals surface area contributed by atoms with E-state index in [0.717, 1.165) is 16.6 Å². The van der Waals surface area contributed by atoms with E-state index in [1.54, 1.807) is 12.4 Å². The molecule has 108 valence electrons. The second-order valence-corrected chi connectivity index (χ2v) is 5.43. The van der Waals surface area contributed by atoms with Crippen LogP contribution in [0.25, 0.3) is 11.0 Å². The molecule has 0 bridgehead atoms. The van der Waals surface area contributed by atoms with Gasteiger partial charge in [-0.3, -0.25) is 0 Å². The van der Waals surface area contributed by atoms with Crippen molar-refractivity contribution in [3.8, 4) is 0 Å². The first-order valence-electron chi connectivity index (χ1n) is 6.98. The number of rotatable bonds is 3. The van der Waals surface area contributed by atoms with E-state index in [0.29, 0.717) is 18.7 Å². The Morgan fingerprint density at radius 2 is 1.90 bits per heavy atom. The topological polar surface area (TPSA) is 43.8 Å². The number of aryl methyl sites for hydroxylation is 2. The van der Waals surface area contributed by atoms with E-state index in [9.17, 15) is 4.39 Å². The molecule has 0 radical (unpaired) electrons. The van der Waals surface area contributed by atoms with Gasteiger partial charge >= 0.3 is 0 Å². The van der Waals surface area contributed by atoms with Crippen LogP contribution in [0.2, 0.25) is 0 Å².